The molecular formula is C8H17N3O. The largest absolute Gasteiger partial charge is 0.479 e. The van der Waals surface area contributed by atoms with Crippen LogP contribution in [0.25, 0.3) is 0 Å². The average molecular weight is 171 g/mol. The van der Waals surface area contributed by atoms with E-state index in [1.807, 2.05) is 0 Å². The van der Waals surface area contributed by atoms with Crippen LogP contribution in [-0.2, 0) is 4.74 Å². The van der Waals surface area contributed by atoms with Gasteiger partial charge in [-0.3, -0.25) is 0 Å². The molecule has 0 saturated carbocycles. The predicted molar refractivity (Wildman–Crippen MR) is 50.4 cm³/mol. The van der Waals surface area contributed by atoms with Crippen molar-refractivity contribution in [1.82, 2.24) is 0 Å². The summed E-state index contributed by atoms with van der Waals surface area (Å²) < 4.78 is 5.18. The van der Waals surface area contributed by atoms with Gasteiger partial charge >= 0.3 is 0 Å². The molecule has 0 amide bonds. The molecule has 0 aliphatic heterocycles. The summed E-state index contributed by atoms with van der Waals surface area (Å²) >= 11 is 0. The normalized spacial score (nSPS) is 13.7. The van der Waals surface area contributed by atoms with Crippen molar-refractivity contribution in [2.75, 3.05) is 6.61 Å². The zero-order valence-electron chi connectivity index (χ0n) is 7.87. The van der Waals surface area contributed by atoms with Crippen molar-refractivity contribution in [1.29, 1.82) is 0 Å². The smallest absolute Gasteiger partial charge is 0.185 e. The second kappa shape index (κ2) is 5.46. The molecule has 0 aromatic carbocycles. The molecule has 0 spiro atoms. The summed E-state index contributed by atoms with van der Waals surface area (Å²) in [5, 5.41) is 3.44. The van der Waals surface area contributed by atoms with Crippen LogP contribution in [0, 0.1) is 5.92 Å². The van der Waals surface area contributed by atoms with Crippen molar-refractivity contribution in [3.05, 3.63) is 12.0 Å². The van der Waals surface area contributed by atoms with Crippen LogP contribution in [0.3, 0.4) is 0 Å². The van der Waals surface area contributed by atoms with E-state index in [4.69, 9.17) is 16.3 Å². The van der Waals surface area contributed by atoms with E-state index in [1.165, 1.54) is 0 Å². The molecule has 70 valence electrons. The van der Waals surface area contributed by atoms with E-state index in [9.17, 15) is 0 Å². The van der Waals surface area contributed by atoms with Crippen molar-refractivity contribution in [2.45, 2.75) is 20.8 Å². The third-order valence-electron chi connectivity index (χ3n) is 1.14. The summed E-state index contributed by atoms with van der Waals surface area (Å²) in [4.78, 5) is 0. The summed E-state index contributed by atoms with van der Waals surface area (Å²) in [5.41, 5.74) is 6.15. The standard InChI is InChI=1S/C8H17N3O/c1-6(2)5-12-8(9)4-7(3)11-10/h4,6H,5,9-10H2,1-3H3. The van der Waals surface area contributed by atoms with Crippen molar-refractivity contribution in [3.8, 4) is 0 Å². The van der Waals surface area contributed by atoms with Crippen molar-refractivity contribution in [3.63, 3.8) is 0 Å². The lowest BCUT2D eigenvalue weighted by atomic mass is 10.2. The van der Waals surface area contributed by atoms with Gasteiger partial charge in [-0.1, -0.05) is 13.8 Å². The van der Waals surface area contributed by atoms with E-state index in [0.717, 1.165) is 0 Å². The molecule has 0 aliphatic carbocycles. The molecule has 0 aliphatic rings. The van der Waals surface area contributed by atoms with Crippen LogP contribution in [0.1, 0.15) is 20.8 Å². The van der Waals surface area contributed by atoms with Crippen molar-refractivity contribution < 1.29 is 4.74 Å². The fourth-order valence-electron chi connectivity index (χ4n) is 0.548. The van der Waals surface area contributed by atoms with E-state index in [2.05, 4.69) is 18.9 Å². The Labute approximate surface area is 73.3 Å². The lowest BCUT2D eigenvalue weighted by Gasteiger charge is -2.07. The highest BCUT2D eigenvalue weighted by Gasteiger charge is 1.95. The first-order chi connectivity index (χ1) is 5.56. The predicted octanol–water partition coefficient (Wildman–Crippen LogP) is 0.794. The molecule has 0 aromatic rings. The van der Waals surface area contributed by atoms with Gasteiger partial charge in [0, 0.05) is 6.08 Å². The fourth-order valence-corrected chi connectivity index (χ4v) is 0.548. The van der Waals surface area contributed by atoms with Gasteiger partial charge in [-0.25, -0.2) is 0 Å². The zero-order chi connectivity index (χ0) is 9.56. The molecular weight excluding hydrogens is 154 g/mol. The molecule has 0 bridgehead atoms. The van der Waals surface area contributed by atoms with Gasteiger partial charge in [-0.2, -0.15) is 5.10 Å². The molecule has 0 aromatic heterocycles. The Kier molecular flexibility index (Phi) is 4.92. The van der Waals surface area contributed by atoms with Crippen LogP contribution < -0.4 is 11.6 Å². The maximum absolute atomic E-state index is 5.50. The molecule has 0 fully saturated rings. The van der Waals surface area contributed by atoms with Crippen LogP contribution in [0.2, 0.25) is 0 Å². The van der Waals surface area contributed by atoms with Crippen LogP contribution >= 0.6 is 0 Å². The third kappa shape index (κ3) is 5.58. The number of hydrazone groups is 1. The SMILES string of the molecule is CC(C=C(N)OCC(C)C)=NN. The van der Waals surface area contributed by atoms with Gasteiger partial charge in [-0.15, -0.1) is 0 Å². The summed E-state index contributed by atoms with van der Waals surface area (Å²) in [7, 11) is 0. The summed E-state index contributed by atoms with van der Waals surface area (Å²) in [6.07, 6.45) is 1.60. The number of ether oxygens (including phenoxy) is 1. The lowest BCUT2D eigenvalue weighted by Crippen LogP contribution is -2.09. The Morgan fingerprint density at radius 3 is 2.58 bits per heavy atom. The number of nitrogens with two attached hydrogens (primary N) is 2. The molecule has 0 rings (SSSR count). The maximum atomic E-state index is 5.50. The molecule has 0 radical (unpaired) electrons. The Morgan fingerprint density at radius 1 is 1.58 bits per heavy atom. The molecule has 12 heavy (non-hydrogen) atoms. The van der Waals surface area contributed by atoms with Crippen LogP contribution in [0.15, 0.2) is 17.1 Å². The van der Waals surface area contributed by atoms with E-state index in [0.29, 0.717) is 24.1 Å². The Bertz CT molecular complexity index is 185. The highest BCUT2D eigenvalue weighted by atomic mass is 16.5. The molecule has 4 N–H and O–H groups in total. The monoisotopic (exact) mass is 171 g/mol. The van der Waals surface area contributed by atoms with Gasteiger partial charge in [-0.05, 0) is 12.8 Å². The fraction of sp³-hybridized carbons (Fsp3) is 0.625. The van der Waals surface area contributed by atoms with Crippen LogP contribution in [-0.4, -0.2) is 12.3 Å². The van der Waals surface area contributed by atoms with Gasteiger partial charge in [0.2, 0.25) is 0 Å². The van der Waals surface area contributed by atoms with Gasteiger partial charge in [0.25, 0.3) is 0 Å². The van der Waals surface area contributed by atoms with Gasteiger partial charge in [0.05, 0.1) is 12.3 Å². The number of allylic oxidation sites excluding steroid dienone is 1. The van der Waals surface area contributed by atoms with Crippen molar-refractivity contribution in [2.24, 2.45) is 22.6 Å². The quantitative estimate of drug-likeness (QED) is 0.284. The number of hydrogen-bond donors (Lipinski definition) is 2. The van der Waals surface area contributed by atoms with E-state index in [1.54, 1.807) is 13.0 Å². The molecule has 0 saturated heterocycles. The Hall–Kier alpha value is -1.19. The van der Waals surface area contributed by atoms with E-state index in [-0.39, 0.29) is 0 Å². The lowest BCUT2D eigenvalue weighted by molar-refractivity contribution is 0.177. The maximum Gasteiger partial charge on any atom is 0.185 e. The number of nitrogens with zero attached hydrogens (tertiary/aromatic N) is 1. The third-order valence-corrected chi connectivity index (χ3v) is 1.14. The van der Waals surface area contributed by atoms with Crippen molar-refractivity contribution >= 4 is 5.71 Å². The number of rotatable bonds is 4. The molecule has 0 heterocycles. The minimum atomic E-state index is 0.357. The van der Waals surface area contributed by atoms with Gasteiger partial charge in [0.15, 0.2) is 5.88 Å². The van der Waals surface area contributed by atoms with E-state index < -0.39 is 0 Å². The average Bonchev–Trinajstić information content (AvgIpc) is 2.00. The first-order valence-electron chi connectivity index (χ1n) is 3.90. The molecule has 0 unspecified atom stereocenters. The number of hydrogen-bond acceptors (Lipinski definition) is 4. The first-order valence-corrected chi connectivity index (χ1v) is 3.90. The highest BCUT2D eigenvalue weighted by Crippen LogP contribution is 1.96. The molecule has 0 atom stereocenters. The second-order valence-corrected chi connectivity index (χ2v) is 3.02. The molecule has 4 heteroatoms. The van der Waals surface area contributed by atoms with Gasteiger partial charge in [0.1, 0.15) is 0 Å². The zero-order valence-corrected chi connectivity index (χ0v) is 7.87. The van der Waals surface area contributed by atoms with Crippen LogP contribution in [0.4, 0.5) is 0 Å². The minimum absolute atomic E-state index is 0.357. The van der Waals surface area contributed by atoms with E-state index >= 15 is 0 Å². The second-order valence-electron chi connectivity index (χ2n) is 3.02. The highest BCUT2D eigenvalue weighted by molar-refractivity contribution is 5.92. The minimum Gasteiger partial charge on any atom is -0.479 e. The topological polar surface area (TPSA) is 73.6 Å². The Balaban J connectivity index is 3.86. The summed E-state index contributed by atoms with van der Waals surface area (Å²) in [5.74, 6) is 5.83. The first kappa shape index (κ1) is 10.8. The van der Waals surface area contributed by atoms with Crippen LogP contribution in [0.5, 0.6) is 0 Å². The van der Waals surface area contributed by atoms with Gasteiger partial charge < -0.3 is 16.3 Å². The summed E-state index contributed by atoms with van der Waals surface area (Å²) in [6, 6.07) is 0. The summed E-state index contributed by atoms with van der Waals surface area (Å²) in [6.45, 7) is 6.47. The molecule has 4 nitrogen and oxygen atoms in total. The Morgan fingerprint density at radius 2 is 2.17 bits per heavy atom.